The Hall–Kier alpha value is -3.76. The number of aryl methyl sites for hydroxylation is 1. The number of sulfonamides is 1. The van der Waals surface area contributed by atoms with Gasteiger partial charge in [0.1, 0.15) is 12.6 Å². The summed E-state index contributed by atoms with van der Waals surface area (Å²) in [4.78, 5) is 28.3. The Kier molecular flexibility index (Phi) is 10.6. The molecule has 1 atom stereocenters. The van der Waals surface area contributed by atoms with E-state index in [9.17, 15) is 18.0 Å². The number of ether oxygens (including phenoxy) is 2. The summed E-state index contributed by atoms with van der Waals surface area (Å²) in [5, 5.41) is 3.36. The molecular weight excluding hydrogens is 566 g/mol. The van der Waals surface area contributed by atoms with Gasteiger partial charge in [-0.3, -0.25) is 13.9 Å². The van der Waals surface area contributed by atoms with Crippen LogP contribution in [0.4, 0.5) is 5.69 Å². The number of benzene rings is 3. The second kappa shape index (κ2) is 13.7. The molecule has 1 N–H and O–H groups in total. The number of amides is 2. The van der Waals surface area contributed by atoms with Crippen LogP contribution in [0.25, 0.3) is 0 Å². The quantitative estimate of drug-likeness (QED) is 0.320. The second-order valence-electron chi connectivity index (χ2n) is 9.85. The van der Waals surface area contributed by atoms with E-state index in [0.717, 1.165) is 15.4 Å². The van der Waals surface area contributed by atoms with Gasteiger partial charge in [0, 0.05) is 23.7 Å². The van der Waals surface area contributed by atoms with Gasteiger partial charge >= 0.3 is 0 Å². The van der Waals surface area contributed by atoms with E-state index >= 15 is 0 Å². The van der Waals surface area contributed by atoms with E-state index in [1.165, 1.54) is 37.3 Å². The van der Waals surface area contributed by atoms with Crippen molar-refractivity contribution in [3.8, 4) is 11.5 Å². The van der Waals surface area contributed by atoms with E-state index < -0.39 is 28.5 Å². The summed E-state index contributed by atoms with van der Waals surface area (Å²) < 4.78 is 39.7. The SMILES string of the molecule is COc1ccc(S(=O)(=O)N(CC(=O)N(Cc2ccc(Cl)cc2)[C@H](C)C(=O)NC(C)C)c2ccc(C)cc2)cc1OC. The number of methoxy groups -OCH3 is 2. The molecule has 3 rings (SSSR count). The standard InChI is InChI=1S/C30H36ClN3O6S/c1-20(2)32-30(36)22(4)33(18-23-9-11-24(31)12-10-23)29(35)19-34(25-13-7-21(3)8-14-25)41(37,38)26-15-16-27(39-5)28(17-26)40-6/h7-17,20,22H,18-19H2,1-6H3,(H,32,36)/t22-/m1/s1. The predicted octanol–water partition coefficient (Wildman–Crippen LogP) is 4.80. The molecule has 0 fully saturated rings. The number of nitrogens with zero attached hydrogens (tertiary/aromatic N) is 2. The van der Waals surface area contributed by atoms with Crippen LogP contribution in [0.15, 0.2) is 71.6 Å². The predicted molar refractivity (Wildman–Crippen MR) is 160 cm³/mol. The van der Waals surface area contributed by atoms with Crippen LogP contribution in [-0.4, -0.2) is 58.0 Å². The number of hydrogen-bond donors (Lipinski definition) is 1. The molecule has 0 heterocycles. The number of carbonyl (C=O) groups is 2. The van der Waals surface area contributed by atoms with Gasteiger partial charge in [-0.2, -0.15) is 0 Å². The highest BCUT2D eigenvalue weighted by Gasteiger charge is 2.33. The van der Waals surface area contributed by atoms with Crippen LogP contribution in [-0.2, 0) is 26.2 Å². The molecule has 41 heavy (non-hydrogen) atoms. The first-order valence-electron chi connectivity index (χ1n) is 13.0. The molecule has 0 saturated carbocycles. The summed E-state index contributed by atoms with van der Waals surface area (Å²) in [5.41, 5.74) is 1.95. The largest absolute Gasteiger partial charge is 0.493 e. The van der Waals surface area contributed by atoms with Crippen molar-refractivity contribution in [1.29, 1.82) is 0 Å². The van der Waals surface area contributed by atoms with Crippen LogP contribution >= 0.6 is 11.6 Å². The first-order valence-corrected chi connectivity index (χ1v) is 14.8. The Labute approximate surface area is 247 Å². The molecular formula is C30H36ClN3O6S. The van der Waals surface area contributed by atoms with Crippen LogP contribution in [0.2, 0.25) is 5.02 Å². The highest BCUT2D eigenvalue weighted by Crippen LogP contribution is 2.32. The van der Waals surface area contributed by atoms with Gasteiger partial charge in [0.25, 0.3) is 10.0 Å². The molecule has 0 saturated heterocycles. The van der Waals surface area contributed by atoms with Crippen molar-refractivity contribution in [2.75, 3.05) is 25.1 Å². The van der Waals surface area contributed by atoms with E-state index in [4.69, 9.17) is 21.1 Å². The van der Waals surface area contributed by atoms with Gasteiger partial charge in [0.2, 0.25) is 11.8 Å². The number of nitrogens with one attached hydrogen (secondary N) is 1. The van der Waals surface area contributed by atoms with Crippen molar-refractivity contribution in [3.63, 3.8) is 0 Å². The van der Waals surface area contributed by atoms with Crippen molar-refractivity contribution in [2.45, 2.75) is 51.2 Å². The van der Waals surface area contributed by atoms with Crippen LogP contribution < -0.4 is 19.1 Å². The van der Waals surface area contributed by atoms with Crippen molar-refractivity contribution in [3.05, 3.63) is 82.9 Å². The summed E-state index contributed by atoms with van der Waals surface area (Å²) in [5.74, 6) is -0.321. The van der Waals surface area contributed by atoms with Gasteiger partial charge in [-0.05, 0) is 69.7 Å². The van der Waals surface area contributed by atoms with Crippen molar-refractivity contribution < 1.29 is 27.5 Å². The van der Waals surface area contributed by atoms with Gasteiger partial charge in [-0.15, -0.1) is 0 Å². The molecule has 0 spiro atoms. The summed E-state index contributed by atoms with van der Waals surface area (Å²) >= 11 is 6.04. The monoisotopic (exact) mass is 601 g/mol. The maximum Gasteiger partial charge on any atom is 0.264 e. The fourth-order valence-corrected chi connectivity index (χ4v) is 5.67. The Morgan fingerprint density at radius 2 is 1.51 bits per heavy atom. The van der Waals surface area contributed by atoms with Gasteiger partial charge in [0.15, 0.2) is 11.5 Å². The van der Waals surface area contributed by atoms with Crippen LogP contribution in [0, 0.1) is 6.92 Å². The number of carbonyl (C=O) groups excluding carboxylic acids is 2. The molecule has 0 aliphatic rings. The lowest BCUT2D eigenvalue weighted by Gasteiger charge is -2.32. The molecule has 220 valence electrons. The highest BCUT2D eigenvalue weighted by atomic mass is 35.5. The molecule has 3 aromatic rings. The molecule has 3 aromatic carbocycles. The lowest BCUT2D eigenvalue weighted by Crippen LogP contribution is -2.52. The summed E-state index contributed by atoms with van der Waals surface area (Å²) in [6, 6.07) is 16.9. The van der Waals surface area contributed by atoms with Gasteiger partial charge in [-0.1, -0.05) is 41.4 Å². The van der Waals surface area contributed by atoms with Crippen LogP contribution in [0.3, 0.4) is 0 Å². The summed E-state index contributed by atoms with van der Waals surface area (Å²) in [6.45, 7) is 6.67. The number of halogens is 1. The molecule has 2 amide bonds. The Bertz CT molecular complexity index is 1460. The third kappa shape index (κ3) is 7.92. The summed E-state index contributed by atoms with van der Waals surface area (Å²) in [6.07, 6.45) is 0. The van der Waals surface area contributed by atoms with E-state index in [0.29, 0.717) is 16.5 Å². The normalized spacial score (nSPS) is 12.0. The zero-order valence-electron chi connectivity index (χ0n) is 24.0. The maximum atomic E-state index is 14.1. The fraction of sp³-hybridized carbons (Fsp3) is 0.333. The lowest BCUT2D eigenvalue weighted by molar-refractivity contribution is -0.139. The Morgan fingerprint density at radius 1 is 0.902 bits per heavy atom. The minimum Gasteiger partial charge on any atom is -0.493 e. The molecule has 0 unspecified atom stereocenters. The first-order chi connectivity index (χ1) is 19.4. The molecule has 0 radical (unpaired) electrons. The third-order valence-electron chi connectivity index (χ3n) is 6.41. The first kappa shape index (κ1) is 31.8. The molecule has 0 aliphatic carbocycles. The van der Waals surface area contributed by atoms with Crippen molar-refractivity contribution >= 4 is 39.1 Å². The maximum absolute atomic E-state index is 14.1. The molecule has 9 nitrogen and oxygen atoms in total. The van der Waals surface area contributed by atoms with Gasteiger partial charge in [-0.25, -0.2) is 8.42 Å². The van der Waals surface area contributed by atoms with E-state index in [-0.39, 0.29) is 29.1 Å². The number of rotatable bonds is 12. The number of anilines is 1. The van der Waals surface area contributed by atoms with Crippen molar-refractivity contribution in [2.24, 2.45) is 0 Å². The third-order valence-corrected chi connectivity index (χ3v) is 8.43. The minimum absolute atomic E-state index is 0.0703. The smallest absolute Gasteiger partial charge is 0.264 e. The van der Waals surface area contributed by atoms with Gasteiger partial charge < -0.3 is 19.7 Å². The average Bonchev–Trinajstić information content (AvgIpc) is 2.94. The summed E-state index contributed by atoms with van der Waals surface area (Å²) in [7, 11) is -1.40. The molecule has 11 heteroatoms. The zero-order chi connectivity index (χ0) is 30.3. The second-order valence-corrected chi connectivity index (χ2v) is 12.2. The minimum atomic E-state index is -4.26. The van der Waals surface area contributed by atoms with Gasteiger partial charge in [0.05, 0.1) is 24.8 Å². The Morgan fingerprint density at radius 3 is 2.07 bits per heavy atom. The van der Waals surface area contributed by atoms with E-state index in [2.05, 4.69) is 5.32 Å². The lowest BCUT2D eigenvalue weighted by atomic mass is 10.1. The zero-order valence-corrected chi connectivity index (χ0v) is 25.6. The topological polar surface area (TPSA) is 105 Å². The van der Waals surface area contributed by atoms with E-state index in [1.807, 2.05) is 20.8 Å². The average molecular weight is 602 g/mol. The van der Waals surface area contributed by atoms with Crippen molar-refractivity contribution in [1.82, 2.24) is 10.2 Å². The molecule has 0 bridgehead atoms. The van der Waals surface area contributed by atoms with E-state index in [1.54, 1.807) is 55.5 Å². The highest BCUT2D eigenvalue weighted by molar-refractivity contribution is 7.92. The van der Waals surface area contributed by atoms with Crippen LogP contribution in [0.1, 0.15) is 31.9 Å². The molecule has 0 aliphatic heterocycles. The molecule has 0 aromatic heterocycles. The number of hydrogen-bond acceptors (Lipinski definition) is 6. The Balaban J connectivity index is 2.06. The fourth-order valence-electron chi connectivity index (χ4n) is 4.12. The van der Waals surface area contributed by atoms with Crippen LogP contribution in [0.5, 0.6) is 11.5 Å².